The van der Waals surface area contributed by atoms with Crippen molar-refractivity contribution in [2.75, 3.05) is 17.1 Å². The van der Waals surface area contributed by atoms with Gasteiger partial charge in [0.05, 0.1) is 11.9 Å². The molecule has 0 bridgehead atoms. The third-order valence-corrected chi connectivity index (χ3v) is 6.74. The number of nitrogens with one attached hydrogen (secondary N) is 1. The number of rotatable bonds is 9. The number of nitrogens with zero attached hydrogens (tertiary/aromatic N) is 2. The van der Waals surface area contributed by atoms with E-state index in [0.717, 1.165) is 10.6 Å². The Labute approximate surface area is 212 Å². The quantitative estimate of drug-likeness (QED) is 0.520. The first-order valence-electron chi connectivity index (χ1n) is 10.8. The molecule has 1 unspecified atom stereocenters. The molecular formula is C24H31Cl2N3O4S. The van der Waals surface area contributed by atoms with Gasteiger partial charge in [0.15, 0.2) is 0 Å². The van der Waals surface area contributed by atoms with Crippen LogP contribution in [0.1, 0.15) is 39.7 Å². The summed E-state index contributed by atoms with van der Waals surface area (Å²) in [6.45, 7) is 6.92. The van der Waals surface area contributed by atoms with Crippen LogP contribution in [-0.4, -0.2) is 49.5 Å². The number of hydrogen-bond donors (Lipinski definition) is 1. The van der Waals surface area contributed by atoms with Crippen molar-refractivity contribution in [1.82, 2.24) is 10.2 Å². The molecule has 34 heavy (non-hydrogen) atoms. The van der Waals surface area contributed by atoms with Crippen LogP contribution in [0.5, 0.6) is 0 Å². The molecule has 0 fully saturated rings. The number of halogens is 2. The van der Waals surface area contributed by atoms with E-state index in [0.29, 0.717) is 27.7 Å². The summed E-state index contributed by atoms with van der Waals surface area (Å²) >= 11 is 12.3. The summed E-state index contributed by atoms with van der Waals surface area (Å²) in [4.78, 5) is 28.1. The number of anilines is 1. The van der Waals surface area contributed by atoms with Crippen molar-refractivity contribution in [1.29, 1.82) is 0 Å². The highest BCUT2D eigenvalue weighted by Crippen LogP contribution is 2.23. The van der Waals surface area contributed by atoms with Crippen LogP contribution in [0, 0.1) is 0 Å². The average Bonchev–Trinajstić information content (AvgIpc) is 2.71. The first-order valence-corrected chi connectivity index (χ1v) is 13.4. The second kappa shape index (κ2) is 11.4. The number of hydrogen-bond acceptors (Lipinski definition) is 4. The molecule has 0 aromatic heterocycles. The Morgan fingerprint density at radius 1 is 1.03 bits per heavy atom. The Morgan fingerprint density at radius 2 is 1.62 bits per heavy atom. The Balaban J connectivity index is 2.46. The minimum Gasteiger partial charge on any atom is -0.350 e. The van der Waals surface area contributed by atoms with Crippen LogP contribution in [-0.2, 0) is 26.2 Å². The molecule has 7 nitrogen and oxygen atoms in total. The number of amides is 2. The third kappa shape index (κ3) is 7.89. The van der Waals surface area contributed by atoms with Crippen molar-refractivity contribution in [3.63, 3.8) is 0 Å². The van der Waals surface area contributed by atoms with Crippen LogP contribution < -0.4 is 9.62 Å². The van der Waals surface area contributed by atoms with Gasteiger partial charge in [-0.2, -0.15) is 0 Å². The normalized spacial score (nSPS) is 12.7. The summed E-state index contributed by atoms with van der Waals surface area (Å²) in [6, 6.07) is 12.4. The molecule has 0 aliphatic heterocycles. The Bertz CT molecular complexity index is 1120. The summed E-state index contributed by atoms with van der Waals surface area (Å²) in [7, 11) is -3.81. The van der Waals surface area contributed by atoms with Crippen molar-refractivity contribution in [2.45, 2.75) is 52.2 Å². The molecule has 0 aliphatic carbocycles. The topological polar surface area (TPSA) is 86.8 Å². The monoisotopic (exact) mass is 527 g/mol. The summed E-state index contributed by atoms with van der Waals surface area (Å²) in [6.07, 6.45) is 1.36. The van der Waals surface area contributed by atoms with Gasteiger partial charge in [-0.3, -0.25) is 13.9 Å². The molecule has 2 amide bonds. The molecule has 2 rings (SSSR count). The van der Waals surface area contributed by atoms with Crippen molar-refractivity contribution in [3.05, 3.63) is 64.1 Å². The molecule has 0 saturated carbocycles. The highest BCUT2D eigenvalue weighted by atomic mass is 35.5. The van der Waals surface area contributed by atoms with Gasteiger partial charge in [0, 0.05) is 22.1 Å². The number of carbonyl (C=O) groups excluding carboxylic acids is 2. The number of benzene rings is 2. The standard InChI is InChI=1S/C24H31Cl2N3O4S/c1-6-21(23(31)27-24(2,3)4)28(15-17-9-7-8-10-20(17)26)22(30)16-29(34(5,32)33)19-13-11-18(25)12-14-19/h7-14,21H,6,15-16H2,1-5H3,(H,27,31). The van der Waals surface area contributed by atoms with Gasteiger partial charge in [-0.05, 0) is 63.1 Å². The lowest BCUT2D eigenvalue weighted by Gasteiger charge is -2.34. The molecule has 2 aromatic carbocycles. The van der Waals surface area contributed by atoms with E-state index in [2.05, 4.69) is 5.32 Å². The van der Waals surface area contributed by atoms with Crippen LogP contribution in [0.25, 0.3) is 0 Å². The van der Waals surface area contributed by atoms with Crippen molar-refractivity contribution in [2.24, 2.45) is 0 Å². The van der Waals surface area contributed by atoms with Crippen LogP contribution in [0.15, 0.2) is 48.5 Å². The van der Waals surface area contributed by atoms with Gasteiger partial charge in [-0.15, -0.1) is 0 Å². The Morgan fingerprint density at radius 3 is 2.12 bits per heavy atom. The predicted molar refractivity (Wildman–Crippen MR) is 138 cm³/mol. The summed E-state index contributed by atoms with van der Waals surface area (Å²) in [5.74, 6) is -0.857. The lowest BCUT2D eigenvalue weighted by atomic mass is 10.1. The predicted octanol–water partition coefficient (Wildman–Crippen LogP) is 4.48. The molecular weight excluding hydrogens is 497 g/mol. The minimum absolute atomic E-state index is 0.0484. The van der Waals surface area contributed by atoms with E-state index >= 15 is 0 Å². The lowest BCUT2D eigenvalue weighted by Crippen LogP contribution is -2.55. The van der Waals surface area contributed by atoms with E-state index < -0.39 is 34.1 Å². The van der Waals surface area contributed by atoms with E-state index in [4.69, 9.17) is 23.2 Å². The zero-order valence-corrected chi connectivity index (χ0v) is 22.3. The maximum absolute atomic E-state index is 13.6. The SMILES string of the molecule is CCC(C(=O)NC(C)(C)C)N(Cc1ccccc1Cl)C(=O)CN(c1ccc(Cl)cc1)S(C)(=O)=O. The van der Waals surface area contributed by atoms with Gasteiger partial charge in [0.2, 0.25) is 21.8 Å². The van der Waals surface area contributed by atoms with Crippen LogP contribution in [0.3, 0.4) is 0 Å². The first-order chi connectivity index (χ1) is 15.7. The number of carbonyl (C=O) groups is 2. The van der Waals surface area contributed by atoms with Gasteiger partial charge in [0.1, 0.15) is 12.6 Å². The maximum Gasteiger partial charge on any atom is 0.244 e. The fraction of sp³-hybridized carbons (Fsp3) is 0.417. The van der Waals surface area contributed by atoms with Gasteiger partial charge in [-0.1, -0.05) is 48.3 Å². The molecule has 1 atom stereocenters. The summed E-state index contributed by atoms with van der Waals surface area (Å²) in [5.41, 5.74) is 0.438. The highest BCUT2D eigenvalue weighted by molar-refractivity contribution is 7.92. The van der Waals surface area contributed by atoms with Gasteiger partial charge in [-0.25, -0.2) is 8.42 Å². The molecule has 0 radical (unpaired) electrons. The molecule has 1 N–H and O–H groups in total. The third-order valence-electron chi connectivity index (χ3n) is 4.98. The van der Waals surface area contributed by atoms with E-state index in [9.17, 15) is 18.0 Å². The van der Waals surface area contributed by atoms with E-state index in [1.54, 1.807) is 43.3 Å². The summed E-state index contributed by atoms with van der Waals surface area (Å²) in [5, 5.41) is 3.80. The molecule has 186 valence electrons. The average molecular weight is 529 g/mol. The van der Waals surface area contributed by atoms with E-state index in [-0.39, 0.29) is 12.5 Å². The largest absolute Gasteiger partial charge is 0.350 e. The molecule has 0 saturated heterocycles. The Hall–Kier alpha value is -2.29. The Kier molecular flexibility index (Phi) is 9.39. The fourth-order valence-corrected chi connectivity index (χ4v) is 4.57. The van der Waals surface area contributed by atoms with Crippen LogP contribution in [0.4, 0.5) is 5.69 Å². The molecule has 10 heteroatoms. The van der Waals surface area contributed by atoms with E-state index in [1.807, 2.05) is 20.8 Å². The fourth-order valence-electron chi connectivity index (χ4n) is 3.40. The first kappa shape index (κ1) is 28.0. The molecule has 2 aromatic rings. The second-order valence-electron chi connectivity index (χ2n) is 9.02. The molecule has 0 heterocycles. The van der Waals surface area contributed by atoms with Crippen LogP contribution in [0.2, 0.25) is 10.0 Å². The molecule has 0 spiro atoms. The summed E-state index contributed by atoms with van der Waals surface area (Å²) < 4.78 is 26.1. The zero-order valence-electron chi connectivity index (χ0n) is 20.0. The van der Waals surface area contributed by atoms with Crippen molar-refractivity contribution < 1.29 is 18.0 Å². The van der Waals surface area contributed by atoms with Crippen molar-refractivity contribution in [3.8, 4) is 0 Å². The maximum atomic E-state index is 13.6. The highest BCUT2D eigenvalue weighted by Gasteiger charge is 2.33. The van der Waals surface area contributed by atoms with Gasteiger partial charge >= 0.3 is 0 Å². The van der Waals surface area contributed by atoms with Crippen LogP contribution >= 0.6 is 23.2 Å². The second-order valence-corrected chi connectivity index (χ2v) is 11.8. The molecule has 0 aliphatic rings. The zero-order chi connectivity index (χ0) is 25.7. The van der Waals surface area contributed by atoms with E-state index in [1.165, 1.54) is 17.0 Å². The number of sulfonamides is 1. The van der Waals surface area contributed by atoms with Gasteiger partial charge < -0.3 is 10.2 Å². The lowest BCUT2D eigenvalue weighted by molar-refractivity contribution is -0.141. The minimum atomic E-state index is -3.81. The van der Waals surface area contributed by atoms with Crippen molar-refractivity contribution >= 4 is 50.7 Å². The smallest absolute Gasteiger partial charge is 0.244 e. The van der Waals surface area contributed by atoms with Gasteiger partial charge in [0.25, 0.3) is 0 Å².